The van der Waals surface area contributed by atoms with Gasteiger partial charge in [0.25, 0.3) is 0 Å². The van der Waals surface area contributed by atoms with Crippen molar-refractivity contribution in [1.82, 2.24) is 5.48 Å². The van der Waals surface area contributed by atoms with Gasteiger partial charge in [-0.25, -0.2) is 0 Å². The monoisotopic (exact) mass is 178 g/mol. The highest BCUT2D eigenvalue weighted by atomic mass is 16.6. The van der Waals surface area contributed by atoms with Gasteiger partial charge in [-0.1, -0.05) is 0 Å². The van der Waals surface area contributed by atoms with E-state index >= 15 is 0 Å². The second-order valence-corrected chi connectivity index (χ2v) is 1.99. The second kappa shape index (κ2) is 8.41. The number of primary amides is 1. The Balaban J connectivity index is 2.86. The van der Waals surface area contributed by atoms with Crippen molar-refractivity contribution in [2.75, 3.05) is 33.0 Å². The van der Waals surface area contributed by atoms with Crippen LogP contribution < -0.4 is 11.2 Å². The van der Waals surface area contributed by atoms with E-state index in [0.29, 0.717) is 19.8 Å². The van der Waals surface area contributed by atoms with Gasteiger partial charge < -0.3 is 15.6 Å². The molecule has 6 nitrogen and oxygen atoms in total. The van der Waals surface area contributed by atoms with Crippen molar-refractivity contribution >= 4 is 5.91 Å². The fourth-order valence-corrected chi connectivity index (χ4v) is 0.475. The van der Waals surface area contributed by atoms with Crippen molar-refractivity contribution in [3.8, 4) is 0 Å². The van der Waals surface area contributed by atoms with Crippen molar-refractivity contribution in [2.45, 2.75) is 0 Å². The molecule has 0 unspecified atom stereocenters. The van der Waals surface area contributed by atoms with Crippen molar-refractivity contribution < 1.29 is 19.5 Å². The molecule has 1 amide bonds. The second-order valence-electron chi connectivity index (χ2n) is 1.99. The van der Waals surface area contributed by atoms with Gasteiger partial charge in [0.15, 0.2) is 0 Å². The van der Waals surface area contributed by atoms with Crippen molar-refractivity contribution in [3.63, 3.8) is 0 Å². The summed E-state index contributed by atoms with van der Waals surface area (Å²) < 4.78 is 4.88. The number of ether oxygens (including phenoxy) is 1. The molecule has 0 saturated heterocycles. The molecule has 0 rings (SSSR count). The number of rotatable bonds is 8. The number of hydrogen-bond acceptors (Lipinski definition) is 5. The van der Waals surface area contributed by atoms with Gasteiger partial charge in [-0.3, -0.25) is 9.63 Å². The van der Waals surface area contributed by atoms with Crippen LogP contribution in [0.15, 0.2) is 0 Å². The quantitative estimate of drug-likeness (QED) is 0.295. The fraction of sp³-hybridized carbons (Fsp3) is 0.833. The molecule has 0 saturated carbocycles. The van der Waals surface area contributed by atoms with E-state index in [0.717, 1.165) is 0 Å². The van der Waals surface area contributed by atoms with E-state index in [4.69, 9.17) is 15.6 Å². The van der Waals surface area contributed by atoms with Crippen LogP contribution in [-0.2, 0) is 14.4 Å². The third kappa shape index (κ3) is 9.31. The number of aliphatic hydroxyl groups excluding tert-OH is 1. The van der Waals surface area contributed by atoms with Gasteiger partial charge in [-0.05, 0) is 0 Å². The van der Waals surface area contributed by atoms with Gasteiger partial charge in [0, 0.05) is 6.54 Å². The minimum absolute atomic E-state index is 0.00213. The van der Waals surface area contributed by atoms with Crippen LogP contribution >= 0.6 is 0 Å². The Labute approximate surface area is 70.6 Å². The summed E-state index contributed by atoms with van der Waals surface area (Å²) in [4.78, 5) is 14.7. The topological polar surface area (TPSA) is 93.8 Å². The molecule has 0 atom stereocenters. The van der Waals surface area contributed by atoms with Gasteiger partial charge in [0.1, 0.15) is 6.61 Å². The average molecular weight is 178 g/mol. The van der Waals surface area contributed by atoms with Crippen LogP contribution in [0.4, 0.5) is 0 Å². The SMILES string of the molecule is NC(=O)CONCCOCCO. The highest BCUT2D eigenvalue weighted by Gasteiger charge is 1.92. The lowest BCUT2D eigenvalue weighted by atomic mass is 10.7. The molecule has 0 aromatic carbocycles. The average Bonchev–Trinajstić information content (AvgIpc) is 2.02. The normalized spacial score (nSPS) is 10.1. The standard InChI is InChI=1S/C6H14N2O4/c7-6(10)5-12-8-1-3-11-4-2-9/h8-9H,1-5H2,(H2,7,10). The first-order chi connectivity index (χ1) is 5.77. The highest BCUT2D eigenvalue weighted by Crippen LogP contribution is 1.72. The van der Waals surface area contributed by atoms with Crippen LogP contribution in [0.25, 0.3) is 0 Å². The molecule has 0 heterocycles. The number of nitrogens with two attached hydrogens (primary N) is 1. The zero-order valence-corrected chi connectivity index (χ0v) is 6.78. The zero-order chi connectivity index (χ0) is 9.23. The predicted molar refractivity (Wildman–Crippen MR) is 41.1 cm³/mol. The van der Waals surface area contributed by atoms with Crippen LogP contribution in [0.1, 0.15) is 0 Å². The molecule has 0 aromatic rings. The Kier molecular flexibility index (Phi) is 7.92. The molecule has 4 N–H and O–H groups in total. The molecule has 0 aliphatic carbocycles. The van der Waals surface area contributed by atoms with Crippen LogP contribution in [0.2, 0.25) is 0 Å². The Morgan fingerprint density at radius 1 is 1.50 bits per heavy atom. The molecule has 0 fully saturated rings. The Morgan fingerprint density at radius 3 is 2.83 bits per heavy atom. The largest absolute Gasteiger partial charge is 0.394 e. The molecule has 6 heteroatoms. The number of hydroxylamine groups is 1. The van der Waals surface area contributed by atoms with Crippen LogP contribution in [0.3, 0.4) is 0 Å². The summed E-state index contributed by atoms with van der Waals surface area (Å²) in [7, 11) is 0. The molecule has 72 valence electrons. The summed E-state index contributed by atoms with van der Waals surface area (Å²) in [5, 5.41) is 8.30. The van der Waals surface area contributed by atoms with Crippen molar-refractivity contribution in [1.29, 1.82) is 0 Å². The first-order valence-electron chi connectivity index (χ1n) is 3.59. The zero-order valence-electron chi connectivity index (χ0n) is 6.78. The van der Waals surface area contributed by atoms with E-state index < -0.39 is 5.91 Å². The predicted octanol–water partition coefficient (Wildman–Crippen LogP) is -2.00. The lowest BCUT2D eigenvalue weighted by Crippen LogP contribution is -2.27. The number of amides is 1. The summed E-state index contributed by atoms with van der Waals surface area (Å²) in [6.07, 6.45) is 0. The summed E-state index contributed by atoms with van der Waals surface area (Å²) >= 11 is 0. The van der Waals surface area contributed by atoms with Crippen LogP contribution in [0.5, 0.6) is 0 Å². The van der Waals surface area contributed by atoms with E-state index in [-0.39, 0.29) is 13.2 Å². The van der Waals surface area contributed by atoms with E-state index in [2.05, 4.69) is 10.3 Å². The maximum atomic E-state index is 10.1. The minimum atomic E-state index is -0.529. The molecule has 0 bridgehead atoms. The summed E-state index contributed by atoms with van der Waals surface area (Å²) in [5.41, 5.74) is 7.25. The van der Waals surface area contributed by atoms with Gasteiger partial charge in [0.05, 0.1) is 19.8 Å². The number of hydrogen-bond donors (Lipinski definition) is 3. The van der Waals surface area contributed by atoms with Gasteiger partial charge in [-0.15, -0.1) is 0 Å². The van der Waals surface area contributed by atoms with E-state index in [1.807, 2.05) is 0 Å². The van der Waals surface area contributed by atoms with Crippen LogP contribution in [-0.4, -0.2) is 44.0 Å². The molecular formula is C6H14N2O4. The van der Waals surface area contributed by atoms with Crippen molar-refractivity contribution in [3.05, 3.63) is 0 Å². The Morgan fingerprint density at radius 2 is 2.25 bits per heavy atom. The molecule has 0 aliphatic rings. The third-order valence-corrected chi connectivity index (χ3v) is 0.901. The highest BCUT2D eigenvalue weighted by molar-refractivity contribution is 5.74. The number of carbonyl (C=O) groups is 1. The third-order valence-electron chi connectivity index (χ3n) is 0.901. The summed E-state index contributed by atoms with van der Waals surface area (Å²) in [6, 6.07) is 0. The lowest BCUT2D eigenvalue weighted by molar-refractivity contribution is -0.125. The Bertz CT molecular complexity index is 120. The first kappa shape index (κ1) is 11.3. The van der Waals surface area contributed by atoms with Gasteiger partial charge >= 0.3 is 0 Å². The molecule has 0 aliphatic heterocycles. The van der Waals surface area contributed by atoms with E-state index in [1.165, 1.54) is 0 Å². The van der Waals surface area contributed by atoms with Gasteiger partial charge in [-0.2, -0.15) is 5.48 Å². The lowest BCUT2D eigenvalue weighted by Gasteiger charge is -2.03. The van der Waals surface area contributed by atoms with Crippen molar-refractivity contribution in [2.24, 2.45) is 5.73 Å². The molecule has 12 heavy (non-hydrogen) atoms. The minimum Gasteiger partial charge on any atom is -0.394 e. The summed E-state index contributed by atoms with van der Waals surface area (Å²) in [6.45, 7) is 1.02. The molecule has 0 spiro atoms. The molecule has 0 radical (unpaired) electrons. The number of carbonyl (C=O) groups excluding carboxylic acids is 1. The molecule has 0 aromatic heterocycles. The van der Waals surface area contributed by atoms with E-state index in [1.54, 1.807) is 0 Å². The fourth-order valence-electron chi connectivity index (χ4n) is 0.475. The van der Waals surface area contributed by atoms with E-state index in [9.17, 15) is 4.79 Å². The Hall–Kier alpha value is -0.690. The maximum absolute atomic E-state index is 10.1. The van der Waals surface area contributed by atoms with Gasteiger partial charge in [0.2, 0.25) is 5.91 Å². The number of aliphatic hydroxyl groups is 1. The van der Waals surface area contributed by atoms with Crippen LogP contribution in [0, 0.1) is 0 Å². The smallest absolute Gasteiger partial charge is 0.245 e. The maximum Gasteiger partial charge on any atom is 0.245 e. The first-order valence-corrected chi connectivity index (χ1v) is 3.59. The summed E-state index contributed by atoms with van der Waals surface area (Å²) in [5.74, 6) is -0.529. The number of nitrogens with one attached hydrogen (secondary N) is 1. The molecular weight excluding hydrogens is 164 g/mol.